The quantitative estimate of drug-likeness (QED) is 0.350. The number of Topliss-reactive ketones (excluding diaryl/α,β-unsaturated/α-hetero) is 1. The monoisotopic (exact) mass is 508 g/mol. The van der Waals surface area contributed by atoms with Gasteiger partial charge in [-0.2, -0.15) is 11.8 Å². The Kier molecular flexibility index (Phi) is 11.4. The summed E-state index contributed by atoms with van der Waals surface area (Å²) in [4.78, 5) is 49.9. The molecule has 0 aromatic heterocycles. The topological polar surface area (TPSA) is 131 Å². The summed E-state index contributed by atoms with van der Waals surface area (Å²) in [6.07, 6.45) is 3.82. The van der Waals surface area contributed by atoms with Crippen molar-refractivity contribution in [2.75, 3.05) is 20.0 Å². The summed E-state index contributed by atoms with van der Waals surface area (Å²) < 4.78 is 10.5. The molecule has 1 aromatic carbocycles. The molecule has 1 unspecified atom stereocenters. The molecule has 194 valence electrons. The lowest BCUT2D eigenvalue weighted by atomic mass is 10.0. The number of hydrogen-bond donors (Lipinski definition) is 3. The van der Waals surface area contributed by atoms with Crippen LogP contribution in [-0.2, 0) is 25.6 Å². The molecule has 2 rings (SSSR count). The second-order valence-corrected chi connectivity index (χ2v) is 10.3. The number of carbonyl (C=O) groups excluding carboxylic acids is 3. The van der Waals surface area contributed by atoms with Gasteiger partial charge in [-0.05, 0) is 37.0 Å². The smallest absolute Gasteiger partial charge is 0.305 e. The first-order valence-corrected chi connectivity index (χ1v) is 12.9. The third-order valence-corrected chi connectivity index (χ3v) is 7.35. The van der Waals surface area contributed by atoms with Crippen molar-refractivity contribution < 1.29 is 33.8 Å². The highest BCUT2D eigenvalue weighted by atomic mass is 32.2. The number of carbonyl (C=O) groups is 4. The summed E-state index contributed by atoms with van der Waals surface area (Å²) in [5.41, 5.74) is 0.593. The summed E-state index contributed by atoms with van der Waals surface area (Å²) in [7, 11) is 3.02. The molecule has 0 saturated heterocycles. The van der Waals surface area contributed by atoms with Crippen molar-refractivity contribution in [2.45, 2.75) is 69.7 Å². The zero-order valence-corrected chi connectivity index (χ0v) is 21.6. The molecule has 1 fully saturated rings. The molecule has 10 heteroatoms. The van der Waals surface area contributed by atoms with Gasteiger partial charge in [-0.1, -0.05) is 26.7 Å². The molecule has 0 spiro atoms. The van der Waals surface area contributed by atoms with E-state index in [0.29, 0.717) is 22.3 Å². The second kappa shape index (κ2) is 14.0. The number of hydrogen-bond acceptors (Lipinski definition) is 7. The number of benzene rings is 1. The molecule has 0 heterocycles. The molecule has 2 amide bonds. The molecule has 35 heavy (non-hydrogen) atoms. The zero-order chi connectivity index (χ0) is 26.0. The summed E-state index contributed by atoms with van der Waals surface area (Å²) in [5.74, 6) is -1.57. The molecule has 1 saturated carbocycles. The maximum absolute atomic E-state index is 13.0. The Morgan fingerprint density at radius 1 is 1.09 bits per heavy atom. The van der Waals surface area contributed by atoms with Gasteiger partial charge in [0.25, 0.3) is 0 Å². The lowest BCUT2D eigenvalue weighted by Gasteiger charge is -2.25. The van der Waals surface area contributed by atoms with Gasteiger partial charge < -0.3 is 25.2 Å². The first-order chi connectivity index (χ1) is 16.6. The number of carboxylic acids is 1. The molecular formula is C25H36N2O7S. The largest absolute Gasteiger partial charge is 0.497 e. The molecule has 9 nitrogen and oxygen atoms in total. The molecule has 0 radical (unpaired) electrons. The van der Waals surface area contributed by atoms with Crippen molar-refractivity contribution in [3.63, 3.8) is 0 Å². The Morgan fingerprint density at radius 2 is 1.77 bits per heavy atom. The first kappa shape index (κ1) is 28.5. The van der Waals surface area contributed by atoms with Crippen molar-refractivity contribution in [1.82, 2.24) is 10.6 Å². The van der Waals surface area contributed by atoms with Crippen molar-refractivity contribution >= 4 is 35.3 Å². The molecule has 1 aromatic rings. The molecular weight excluding hydrogens is 472 g/mol. The van der Waals surface area contributed by atoms with E-state index in [4.69, 9.17) is 9.47 Å². The predicted octanol–water partition coefficient (Wildman–Crippen LogP) is 2.59. The fourth-order valence-corrected chi connectivity index (χ4v) is 5.26. The number of carboxylic acid groups (broad SMARTS) is 1. The number of aliphatic carboxylic acids is 1. The maximum atomic E-state index is 13.0. The van der Waals surface area contributed by atoms with Crippen LogP contribution in [0.1, 0.15) is 51.5 Å². The van der Waals surface area contributed by atoms with E-state index in [0.717, 1.165) is 25.7 Å². The zero-order valence-electron chi connectivity index (χ0n) is 20.8. The standard InChI is InChI=1S/C25H36N2O7S/c1-15(2)24(27-22(29)12-16-11-17(33-3)9-10-21(16)34-4)25(32)26-19(13-23(30)31)20(28)14-35-18-7-5-6-8-18/h9-11,15,18-19,24H,5-8,12-14H2,1-4H3,(H,26,32)(H,27,29)(H,30,31)/t19?,24-/m0/s1. The van der Waals surface area contributed by atoms with E-state index < -0.39 is 36.3 Å². The summed E-state index contributed by atoms with van der Waals surface area (Å²) >= 11 is 1.52. The molecule has 0 aliphatic heterocycles. The van der Waals surface area contributed by atoms with Crippen LogP contribution in [0.25, 0.3) is 0 Å². The summed E-state index contributed by atoms with van der Waals surface area (Å²) in [6.45, 7) is 3.53. The number of amides is 2. The fraction of sp³-hybridized carbons (Fsp3) is 0.600. The number of ether oxygens (including phenoxy) is 2. The van der Waals surface area contributed by atoms with Crippen LogP contribution >= 0.6 is 11.8 Å². The van der Waals surface area contributed by atoms with Crippen LogP contribution in [0.4, 0.5) is 0 Å². The van der Waals surface area contributed by atoms with E-state index in [1.54, 1.807) is 32.0 Å². The normalized spacial score (nSPS) is 15.3. The summed E-state index contributed by atoms with van der Waals surface area (Å²) in [5, 5.41) is 15.0. The van der Waals surface area contributed by atoms with Gasteiger partial charge in [0, 0.05) is 10.8 Å². The third kappa shape index (κ3) is 9.08. The third-order valence-electron chi connectivity index (χ3n) is 5.95. The Bertz CT molecular complexity index is 900. The summed E-state index contributed by atoms with van der Waals surface area (Å²) in [6, 6.07) is 3.01. The highest BCUT2D eigenvalue weighted by Crippen LogP contribution is 2.29. The minimum Gasteiger partial charge on any atom is -0.497 e. The van der Waals surface area contributed by atoms with Crippen LogP contribution in [0.2, 0.25) is 0 Å². The number of thioether (sulfide) groups is 1. The minimum absolute atomic E-state index is 0.0492. The van der Waals surface area contributed by atoms with E-state index in [2.05, 4.69) is 10.6 Å². The Balaban J connectivity index is 2.05. The minimum atomic E-state index is -1.18. The fourth-order valence-electron chi connectivity index (χ4n) is 3.99. The number of rotatable bonds is 14. The average Bonchev–Trinajstić information content (AvgIpc) is 3.33. The van der Waals surface area contributed by atoms with Crippen molar-refractivity contribution in [3.8, 4) is 11.5 Å². The van der Waals surface area contributed by atoms with E-state index in [9.17, 15) is 24.3 Å². The molecule has 1 aliphatic carbocycles. The van der Waals surface area contributed by atoms with Crippen molar-refractivity contribution in [2.24, 2.45) is 5.92 Å². The Morgan fingerprint density at radius 3 is 2.34 bits per heavy atom. The van der Waals surface area contributed by atoms with Crippen LogP contribution in [0.15, 0.2) is 18.2 Å². The van der Waals surface area contributed by atoms with Gasteiger partial charge in [0.15, 0.2) is 5.78 Å². The number of ketones is 1. The molecule has 3 N–H and O–H groups in total. The SMILES string of the molecule is COc1ccc(OC)c(CC(=O)N[C@H](C(=O)NC(CC(=O)O)C(=O)CSC2CCCC2)C(C)C)c1. The number of methoxy groups -OCH3 is 2. The van der Waals surface area contributed by atoms with Crippen LogP contribution in [0.3, 0.4) is 0 Å². The van der Waals surface area contributed by atoms with Gasteiger partial charge >= 0.3 is 5.97 Å². The lowest BCUT2D eigenvalue weighted by molar-refractivity contribution is -0.140. The predicted molar refractivity (Wildman–Crippen MR) is 134 cm³/mol. The second-order valence-electron chi connectivity index (χ2n) is 8.99. The highest BCUT2D eigenvalue weighted by molar-refractivity contribution is 8.00. The van der Waals surface area contributed by atoms with E-state index in [-0.39, 0.29) is 23.9 Å². The van der Waals surface area contributed by atoms with Crippen LogP contribution in [0, 0.1) is 5.92 Å². The van der Waals surface area contributed by atoms with E-state index >= 15 is 0 Å². The molecule has 0 bridgehead atoms. The van der Waals surface area contributed by atoms with Gasteiger partial charge in [-0.25, -0.2) is 0 Å². The van der Waals surface area contributed by atoms with E-state index in [1.807, 2.05) is 0 Å². The molecule has 1 aliphatic rings. The average molecular weight is 509 g/mol. The highest BCUT2D eigenvalue weighted by Gasteiger charge is 2.30. The van der Waals surface area contributed by atoms with Gasteiger partial charge in [0.05, 0.1) is 38.9 Å². The van der Waals surface area contributed by atoms with Crippen LogP contribution < -0.4 is 20.1 Å². The van der Waals surface area contributed by atoms with Gasteiger partial charge in [0.2, 0.25) is 11.8 Å². The van der Waals surface area contributed by atoms with Crippen molar-refractivity contribution in [1.29, 1.82) is 0 Å². The first-order valence-electron chi connectivity index (χ1n) is 11.8. The van der Waals surface area contributed by atoms with Crippen molar-refractivity contribution in [3.05, 3.63) is 23.8 Å². The van der Waals surface area contributed by atoms with E-state index in [1.165, 1.54) is 26.0 Å². The molecule has 2 atom stereocenters. The number of nitrogens with one attached hydrogen (secondary N) is 2. The van der Waals surface area contributed by atoms with Gasteiger partial charge in [0.1, 0.15) is 17.5 Å². The van der Waals surface area contributed by atoms with Crippen LogP contribution in [-0.4, -0.2) is 66.0 Å². The van der Waals surface area contributed by atoms with Crippen LogP contribution in [0.5, 0.6) is 11.5 Å². The van der Waals surface area contributed by atoms with Gasteiger partial charge in [-0.15, -0.1) is 0 Å². The lowest BCUT2D eigenvalue weighted by Crippen LogP contribution is -2.54. The van der Waals surface area contributed by atoms with Gasteiger partial charge in [-0.3, -0.25) is 19.2 Å². The Hall–Kier alpha value is -2.75. The maximum Gasteiger partial charge on any atom is 0.305 e. The Labute approximate surface area is 210 Å².